The summed E-state index contributed by atoms with van der Waals surface area (Å²) < 4.78 is 10.9. The minimum atomic E-state index is -0.956. The fraction of sp³-hybridized carbons (Fsp3) is 0.333. The number of hydrogen-bond acceptors (Lipinski definition) is 4. The third-order valence-electron chi connectivity index (χ3n) is 5.20. The zero-order valence-corrected chi connectivity index (χ0v) is 13.9. The average molecular weight is 336 g/mol. The molecule has 128 valence electrons. The van der Waals surface area contributed by atoms with Gasteiger partial charge in [-0.2, -0.15) is 0 Å². The average Bonchev–Trinajstić information content (AvgIpc) is 3.26. The highest BCUT2D eigenvalue weighted by molar-refractivity contribution is 5.85. The van der Waals surface area contributed by atoms with Crippen molar-refractivity contribution in [2.75, 3.05) is 0 Å². The van der Waals surface area contributed by atoms with Crippen LogP contribution in [-0.2, 0) is 19.1 Å². The first kappa shape index (κ1) is 15.9. The van der Waals surface area contributed by atoms with Crippen molar-refractivity contribution in [1.82, 2.24) is 0 Å². The third kappa shape index (κ3) is 2.82. The SMILES string of the molecule is O=COC(C(=O)OC1CCCC1)C1c2ccccc2-c2ccccc21. The van der Waals surface area contributed by atoms with Crippen molar-refractivity contribution in [2.24, 2.45) is 0 Å². The van der Waals surface area contributed by atoms with E-state index in [1.54, 1.807) is 0 Å². The first-order valence-electron chi connectivity index (χ1n) is 8.77. The second-order valence-electron chi connectivity index (χ2n) is 6.65. The van der Waals surface area contributed by atoms with Crippen LogP contribution in [0.2, 0.25) is 0 Å². The molecular weight excluding hydrogens is 316 g/mol. The van der Waals surface area contributed by atoms with Crippen molar-refractivity contribution in [3.63, 3.8) is 0 Å². The molecule has 1 fully saturated rings. The van der Waals surface area contributed by atoms with Gasteiger partial charge in [0.05, 0.1) is 5.92 Å². The van der Waals surface area contributed by atoms with Crippen molar-refractivity contribution >= 4 is 12.4 Å². The van der Waals surface area contributed by atoms with Gasteiger partial charge in [-0.25, -0.2) is 4.79 Å². The topological polar surface area (TPSA) is 52.6 Å². The van der Waals surface area contributed by atoms with Crippen LogP contribution in [0, 0.1) is 0 Å². The number of ether oxygens (including phenoxy) is 2. The van der Waals surface area contributed by atoms with Gasteiger partial charge in [-0.05, 0) is 47.9 Å². The highest BCUT2D eigenvalue weighted by Gasteiger charge is 2.41. The molecular formula is C21H20O4. The molecule has 0 amide bonds. The number of benzene rings is 2. The van der Waals surface area contributed by atoms with E-state index in [1.165, 1.54) is 0 Å². The van der Waals surface area contributed by atoms with Gasteiger partial charge >= 0.3 is 5.97 Å². The summed E-state index contributed by atoms with van der Waals surface area (Å²) in [5.74, 6) is -0.776. The molecule has 0 aliphatic heterocycles. The normalized spacial score (nSPS) is 17.6. The Kier molecular flexibility index (Phi) is 4.26. The number of esters is 1. The van der Waals surface area contributed by atoms with E-state index < -0.39 is 12.1 Å². The van der Waals surface area contributed by atoms with Crippen LogP contribution < -0.4 is 0 Å². The van der Waals surface area contributed by atoms with Crippen LogP contribution in [0.3, 0.4) is 0 Å². The van der Waals surface area contributed by atoms with Gasteiger partial charge < -0.3 is 9.47 Å². The molecule has 0 saturated heterocycles. The Labute approximate surface area is 146 Å². The summed E-state index contributed by atoms with van der Waals surface area (Å²) in [5, 5.41) is 0. The van der Waals surface area contributed by atoms with Gasteiger partial charge in [0, 0.05) is 0 Å². The van der Waals surface area contributed by atoms with E-state index in [9.17, 15) is 9.59 Å². The van der Waals surface area contributed by atoms with Gasteiger partial charge in [0.15, 0.2) is 0 Å². The van der Waals surface area contributed by atoms with Crippen molar-refractivity contribution in [1.29, 1.82) is 0 Å². The summed E-state index contributed by atoms with van der Waals surface area (Å²) in [6.07, 6.45) is 2.91. The molecule has 0 radical (unpaired) electrons. The van der Waals surface area contributed by atoms with Crippen molar-refractivity contribution in [3.05, 3.63) is 59.7 Å². The summed E-state index contributed by atoms with van der Waals surface area (Å²) >= 11 is 0. The number of fused-ring (bicyclic) bond motifs is 3. The third-order valence-corrected chi connectivity index (χ3v) is 5.20. The Bertz CT molecular complexity index is 746. The maximum atomic E-state index is 12.8. The Balaban J connectivity index is 1.71. The first-order valence-corrected chi connectivity index (χ1v) is 8.77. The molecule has 2 aromatic rings. The zero-order chi connectivity index (χ0) is 17.2. The van der Waals surface area contributed by atoms with Gasteiger partial charge in [-0.1, -0.05) is 48.5 Å². The molecule has 2 aromatic carbocycles. The van der Waals surface area contributed by atoms with Gasteiger partial charge in [0.2, 0.25) is 6.10 Å². The lowest BCUT2D eigenvalue weighted by Crippen LogP contribution is -2.34. The lowest BCUT2D eigenvalue weighted by atomic mass is 9.91. The predicted molar refractivity (Wildman–Crippen MR) is 93.0 cm³/mol. The standard InChI is InChI=1S/C21H20O4/c22-13-24-20(21(23)25-14-7-1-2-8-14)19-17-11-5-3-9-15(17)16-10-4-6-12-18(16)19/h3-6,9-14,19-20H,1-2,7-8H2. The molecule has 25 heavy (non-hydrogen) atoms. The summed E-state index contributed by atoms with van der Waals surface area (Å²) in [4.78, 5) is 23.9. The van der Waals surface area contributed by atoms with E-state index in [1.807, 2.05) is 48.5 Å². The first-order chi connectivity index (χ1) is 12.3. The summed E-state index contributed by atoms with van der Waals surface area (Å²) in [5.41, 5.74) is 4.16. The van der Waals surface area contributed by atoms with Gasteiger partial charge in [0.25, 0.3) is 6.47 Å². The molecule has 0 spiro atoms. The Morgan fingerprint density at radius 2 is 1.52 bits per heavy atom. The minimum Gasteiger partial charge on any atom is -0.460 e. The highest BCUT2D eigenvalue weighted by Crippen LogP contribution is 2.47. The molecule has 0 heterocycles. The molecule has 2 aliphatic rings. The number of rotatable bonds is 5. The fourth-order valence-corrected chi connectivity index (χ4v) is 4.09. The largest absolute Gasteiger partial charge is 0.460 e. The van der Waals surface area contributed by atoms with Gasteiger partial charge in [-0.3, -0.25) is 4.79 Å². The van der Waals surface area contributed by atoms with Crippen LogP contribution in [-0.4, -0.2) is 24.6 Å². The molecule has 4 heteroatoms. The van der Waals surface area contributed by atoms with Gasteiger partial charge in [-0.15, -0.1) is 0 Å². The summed E-state index contributed by atoms with van der Waals surface area (Å²) in [7, 11) is 0. The zero-order valence-electron chi connectivity index (χ0n) is 13.9. The molecule has 4 rings (SSSR count). The fourth-order valence-electron chi connectivity index (χ4n) is 4.09. The molecule has 1 saturated carbocycles. The number of carbonyl (C=O) groups is 2. The van der Waals surface area contributed by atoms with Crippen LogP contribution in [0.4, 0.5) is 0 Å². The van der Waals surface area contributed by atoms with Crippen LogP contribution in [0.5, 0.6) is 0 Å². The van der Waals surface area contributed by atoms with Crippen molar-refractivity contribution < 1.29 is 19.1 Å². The smallest absolute Gasteiger partial charge is 0.348 e. The number of carbonyl (C=O) groups excluding carboxylic acids is 2. The minimum absolute atomic E-state index is 0.0582. The monoisotopic (exact) mass is 336 g/mol. The van der Waals surface area contributed by atoms with Gasteiger partial charge in [0.1, 0.15) is 6.10 Å². The summed E-state index contributed by atoms with van der Waals surface area (Å²) in [6, 6.07) is 15.9. The van der Waals surface area contributed by atoms with E-state index in [4.69, 9.17) is 9.47 Å². The van der Waals surface area contributed by atoms with E-state index >= 15 is 0 Å². The van der Waals surface area contributed by atoms with E-state index in [0.29, 0.717) is 6.47 Å². The quantitative estimate of drug-likeness (QED) is 0.615. The molecule has 1 unspecified atom stereocenters. The van der Waals surface area contributed by atoms with Crippen LogP contribution in [0.25, 0.3) is 11.1 Å². The Hall–Kier alpha value is -2.62. The second-order valence-corrected chi connectivity index (χ2v) is 6.65. The Morgan fingerprint density at radius 3 is 2.08 bits per heavy atom. The molecule has 0 N–H and O–H groups in total. The lowest BCUT2D eigenvalue weighted by Gasteiger charge is -2.24. The van der Waals surface area contributed by atoms with E-state index in [0.717, 1.165) is 47.9 Å². The van der Waals surface area contributed by atoms with E-state index in [2.05, 4.69) is 0 Å². The van der Waals surface area contributed by atoms with Crippen LogP contribution in [0.1, 0.15) is 42.7 Å². The van der Waals surface area contributed by atoms with Crippen LogP contribution in [0.15, 0.2) is 48.5 Å². The van der Waals surface area contributed by atoms with Crippen LogP contribution >= 0.6 is 0 Å². The van der Waals surface area contributed by atoms with E-state index in [-0.39, 0.29) is 12.0 Å². The van der Waals surface area contributed by atoms with Crippen molar-refractivity contribution in [2.45, 2.75) is 43.8 Å². The molecule has 1 atom stereocenters. The Morgan fingerprint density at radius 1 is 0.960 bits per heavy atom. The second kappa shape index (κ2) is 6.71. The van der Waals surface area contributed by atoms with Crippen molar-refractivity contribution in [3.8, 4) is 11.1 Å². The number of hydrogen-bond donors (Lipinski definition) is 0. The predicted octanol–water partition coefficient (Wildman–Crippen LogP) is 3.83. The molecule has 0 aromatic heterocycles. The maximum absolute atomic E-state index is 12.8. The molecule has 2 aliphatic carbocycles. The highest BCUT2D eigenvalue weighted by atomic mass is 16.6. The molecule has 4 nitrogen and oxygen atoms in total. The maximum Gasteiger partial charge on any atom is 0.348 e. The molecule has 0 bridgehead atoms. The lowest BCUT2D eigenvalue weighted by molar-refractivity contribution is -0.166. The summed E-state index contributed by atoms with van der Waals surface area (Å²) in [6.45, 7) is 0.351.